The number of likely N-dealkylation sites (tertiary alicyclic amines) is 1. The van der Waals surface area contributed by atoms with Crippen molar-refractivity contribution in [2.75, 3.05) is 25.0 Å². The molecule has 1 unspecified atom stereocenters. The quantitative estimate of drug-likeness (QED) is 0.517. The first-order chi connectivity index (χ1) is 16.4. The Kier molecular flexibility index (Phi) is 5.53. The van der Waals surface area contributed by atoms with E-state index in [1.807, 2.05) is 36.4 Å². The third kappa shape index (κ3) is 3.89. The van der Waals surface area contributed by atoms with Gasteiger partial charge in [-0.25, -0.2) is 4.79 Å². The molecule has 0 spiro atoms. The zero-order chi connectivity index (χ0) is 23.8. The Morgan fingerprint density at radius 2 is 1.74 bits per heavy atom. The highest BCUT2D eigenvalue weighted by Gasteiger charge is 2.38. The summed E-state index contributed by atoms with van der Waals surface area (Å²) in [5, 5.41) is 18.2. The molecule has 2 amide bonds. The zero-order valence-corrected chi connectivity index (χ0v) is 18.5. The van der Waals surface area contributed by atoms with Gasteiger partial charge < -0.3 is 14.7 Å². The number of carboxylic acids is 1. The number of hydrogen-bond acceptors (Lipinski definition) is 5. The number of aromatic amines is 1. The van der Waals surface area contributed by atoms with Crippen LogP contribution < -0.4 is 5.32 Å². The molecule has 0 bridgehead atoms. The van der Waals surface area contributed by atoms with Crippen LogP contribution in [0.15, 0.2) is 54.6 Å². The molecule has 9 nitrogen and oxygen atoms in total. The second kappa shape index (κ2) is 8.66. The SMILES string of the molecule is CC(C(=O)O)C1CN(C(=O)c2cc(NC(=O)OCC3c4ccccc4-c4ccccc43)n[nH]2)C1. The van der Waals surface area contributed by atoms with Crippen molar-refractivity contribution in [3.05, 3.63) is 71.4 Å². The average molecular weight is 460 g/mol. The highest BCUT2D eigenvalue weighted by molar-refractivity contribution is 5.94. The minimum Gasteiger partial charge on any atom is -0.481 e. The lowest BCUT2D eigenvalue weighted by Crippen LogP contribution is -2.53. The van der Waals surface area contributed by atoms with Gasteiger partial charge in [0.2, 0.25) is 0 Å². The maximum absolute atomic E-state index is 12.6. The number of carbonyl (C=O) groups is 3. The highest BCUT2D eigenvalue weighted by Crippen LogP contribution is 2.44. The Morgan fingerprint density at radius 1 is 1.12 bits per heavy atom. The summed E-state index contributed by atoms with van der Waals surface area (Å²) in [6.45, 7) is 2.56. The fourth-order valence-electron chi connectivity index (χ4n) is 4.60. The Labute approximate surface area is 195 Å². The number of fused-ring (bicyclic) bond motifs is 3. The van der Waals surface area contributed by atoms with Crippen molar-refractivity contribution in [2.45, 2.75) is 12.8 Å². The molecule has 3 aromatic rings. The third-order valence-electron chi connectivity index (χ3n) is 6.68. The van der Waals surface area contributed by atoms with Crippen LogP contribution in [0.3, 0.4) is 0 Å². The van der Waals surface area contributed by atoms with E-state index in [9.17, 15) is 14.4 Å². The zero-order valence-electron chi connectivity index (χ0n) is 18.5. The first kappa shape index (κ1) is 21.7. The van der Waals surface area contributed by atoms with Crippen molar-refractivity contribution < 1.29 is 24.2 Å². The Bertz CT molecular complexity index is 1220. The fraction of sp³-hybridized carbons (Fsp3) is 0.280. The van der Waals surface area contributed by atoms with Gasteiger partial charge in [-0.15, -0.1) is 0 Å². The number of aromatic nitrogens is 2. The lowest BCUT2D eigenvalue weighted by atomic mass is 9.87. The number of anilines is 1. The summed E-state index contributed by atoms with van der Waals surface area (Å²) < 4.78 is 5.50. The van der Waals surface area contributed by atoms with Crippen LogP contribution in [-0.4, -0.2) is 57.9 Å². The van der Waals surface area contributed by atoms with Crippen LogP contribution >= 0.6 is 0 Å². The second-order valence-electron chi connectivity index (χ2n) is 8.71. The van der Waals surface area contributed by atoms with E-state index in [-0.39, 0.29) is 35.9 Å². The Hall–Kier alpha value is -4.14. The van der Waals surface area contributed by atoms with E-state index in [0.717, 1.165) is 22.3 Å². The number of hydrogen-bond donors (Lipinski definition) is 3. The molecule has 1 aliphatic heterocycles. The van der Waals surface area contributed by atoms with Crippen LogP contribution in [0.2, 0.25) is 0 Å². The van der Waals surface area contributed by atoms with Crippen molar-refractivity contribution in [1.29, 1.82) is 0 Å². The van der Waals surface area contributed by atoms with Gasteiger partial charge in [0.15, 0.2) is 5.82 Å². The predicted octanol–water partition coefficient (Wildman–Crippen LogP) is 3.56. The molecule has 0 radical (unpaired) electrons. The van der Waals surface area contributed by atoms with Crippen molar-refractivity contribution in [1.82, 2.24) is 15.1 Å². The van der Waals surface area contributed by atoms with E-state index >= 15 is 0 Å². The average Bonchev–Trinajstić information content (AvgIpc) is 3.39. The molecule has 1 saturated heterocycles. The minimum absolute atomic E-state index is 0.0537. The van der Waals surface area contributed by atoms with Gasteiger partial charge >= 0.3 is 12.1 Å². The highest BCUT2D eigenvalue weighted by atomic mass is 16.5. The predicted molar refractivity (Wildman–Crippen MR) is 123 cm³/mol. The van der Waals surface area contributed by atoms with E-state index in [4.69, 9.17) is 9.84 Å². The smallest absolute Gasteiger partial charge is 0.412 e. The normalized spacial score (nSPS) is 15.7. The van der Waals surface area contributed by atoms with E-state index < -0.39 is 18.0 Å². The number of rotatable bonds is 6. The molecule has 1 aromatic heterocycles. The van der Waals surface area contributed by atoms with Gasteiger partial charge in [0, 0.05) is 31.0 Å². The number of nitrogens with zero attached hydrogens (tertiary/aromatic N) is 2. The molecule has 3 N–H and O–H groups in total. The maximum atomic E-state index is 12.6. The molecule has 2 aromatic carbocycles. The monoisotopic (exact) mass is 460 g/mol. The van der Waals surface area contributed by atoms with Crippen LogP contribution in [-0.2, 0) is 9.53 Å². The summed E-state index contributed by atoms with van der Waals surface area (Å²) in [5.74, 6) is -1.60. The van der Waals surface area contributed by atoms with Crippen molar-refractivity contribution in [2.24, 2.45) is 11.8 Å². The summed E-state index contributed by atoms with van der Waals surface area (Å²) >= 11 is 0. The minimum atomic E-state index is -0.867. The number of amides is 2. The molecule has 5 rings (SSSR count). The van der Waals surface area contributed by atoms with Crippen LogP contribution in [0.5, 0.6) is 0 Å². The summed E-state index contributed by atoms with van der Waals surface area (Å²) in [6.07, 6.45) is -0.661. The van der Waals surface area contributed by atoms with E-state index in [1.165, 1.54) is 6.07 Å². The maximum Gasteiger partial charge on any atom is 0.412 e. The number of carboxylic acid groups (broad SMARTS) is 1. The first-order valence-electron chi connectivity index (χ1n) is 11.1. The summed E-state index contributed by atoms with van der Waals surface area (Å²) in [7, 11) is 0. The van der Waals surface area contributed by atoms with Gasteiger partial charge in [-0.2, -0.15) is 5.10 Å². The molecule has 1 atom stereocenters. The standard InChI is InChI=1S/C25H24N4O5/c1-14(24(31)32)15-11-29(12-15)23(30)21-10-22(28-27-21)26-25(33)34-13-20-18-8-4-2-6-16(18)17-7-3-5-9-19(17)20/h2-10,14-15,20H,11-13H2,1H3,(H,31,32)(H2,26,27,28,33). The number of aliphatic carboxylic acids is 1. The van der Waals surface area contributed by atoms with Crippen LogP contribution in [0.1, 0.15) is 34.5 Å². The fourth-order valence-corrected chi connectivity index (χ4v) is 4.60. The van der Waals surface area contributed by atoms with E-state index in [1.54, 1.807) is 11.8 Å². The summed E-state index contributed by atoms with van der Waals surface area (Å²) in [5.41, 5.74) is 4.75. The topological polar surface area (TPSA) is 125 Å². The number of carbonyl (C=O) groups excluding carboxylic acids is 2. The Morgan fingerprint density at radius 3 is 2.35 bits per heavy atom. The van der Waals surface area contributed by atoms with Crippen molar-refractivity contribution in [3.8, 4) is 11.1 Å². The third-order valence-corrected chi connectivity index (χ3v) is 6.68. The van der Waals surface area contributed by atoms with Crippen molar-refractivity contribution >= 4 is 23.8 Å². The second-order valence-corrected chi connectivity index (χ2v) is 8.71. The van der Waals surface area contributed by atoms with Crippen LogP contribution in [0, 0.1) is 11.8 Å². The van der Waals surface area contributed by atoms with Gasteiger partial charge in [-0.05, 0) is 22.3 Å². The Balaban J connectivity index is 1.17. The molecular weight excluding hydrogens is 436 g/mol. The molecule has 1 aliphatic carbocycles. The molecule has 2 heterocycles. The van der Waals surface area contributed by atoms with E-state index in [2.05, 4.69) is 27.6 Å². The number of H-pyrrole nitrogens is 1. The lowest BCUT2D eigenvalue weighted by molar-refractivity contribution is -0.144. The first-order valence-corrected chi connectivity index (χ1v) is 11.1. The van der Waals surface area contributed by atoms with E-state index in [0.29, 0.717) is 13.1 Å². The summed E-state index contributed by atoms with van der Waals surface area (Å²) in [4.78, 5) is 37.6. The number of benzene rings is 2. The van der Waals surface area contributed by atoms with Crippen LogP contribution in [0.25, 0.3) is 11.1 Å². The molecular formula is C25H24N4O5. The van der Waals surface area contributed by atoms with Crippen LogP contribution in [0.4, 0.5) is 10.6 Å². The number of nitrogens with one attached hydrogen (secondary N) is 2. The molecule has 2 aliphatic rings. The van der Waals surface area contributed by atoms with Gasteiger partial charge in [0.25, 0.3) is 5.91 Å². The number of ether oxygens (including phenoxy) is 1. The molecule has 9 heteroatoms. The summed E-state index contributed by atoms with van der Waals surface area (Å²) in [6, 6.07) is 17.6. The lowest BCUT2D eigenvalue weighted by Gasteiger charge is -2.40. The van der Waals surface area contributed by atoms with Gasteiger partial charge in [0.1, 0.15) is 12.3 Å². The molecule has 34 heavy (non-hydrogen) atoms. The van der Waals surface area contributed by atoms with Gasteiger partial charge in [0.05, 0.1) is 5.92 Å². The van der Waals surface area contributed by atoms with Gasteiger partial charge in [-0.3, -0.25) is 20.0 Å². The molecule has 1 fully saturated rings. The molecule has 174 valence electrons. The molecule has 0 saturated carbocycles. The van der Waals surface area contributed by atoms with Gasteiger partial charge in [-0.1, -0.05) is 55.5 Å². The largest absolute Gasteiger partial charge is 0.481 e. The van der Waals surface area contributed by atoms with Crippen molar-refractivity contribution in [3.63, 3.8) is 0 Å².